The van der Waals surface area contributed by atoms with Crippen molar-refractivity contribution in [3.05, 3.63) is 12.0 Å². The van der Waals surface area contributed by atoms with E-state index in [1.165, 1.54) is 10.5 Å². The Morgan fingerprint density at radius 1 is 1.47 bits per heavy atom. The van der Waals surface area contributed by atoms with Gasteiger partial charge in [-0.1, -0.05) is 13.8 Å². The van der Waals surface area contributed by atoms with Crippen LogP contribution in [-0.2, 0) is 16.4 Å². The highest BCUT2D eigenvalue weighted by Gasteiger charge is 2.35. The van der Waals surface area contributed by atoms with Crippen LogP contribution in [0.4, 0.5) is 0 Å². The van der Waals surface area contributed by atoms with Gasteiger partial charge in [-0.25, -0.2) is 13.4 Å². The van der Waals surface area contributed by atoms with E-state index in [1.807, 2.05) is 6.92 Å². The molecule has 0 bridgehead atoms. The van der Waals surface area contributed by atoms with Gasteiger partial charge < -0.3 is 10.7 Å². The molecule has 1 aliphatic rings. The number of hydrogen-bond acceptors (Lipinski definition) is 4. The van der Waals surface area contributed by atoms with Crippen LogP contribution in [0.3, 0.4) is 0 Å². The minimum atomic E-state index is -3.44. The van der Waals surface area contributed by atoms with E-state index in [-0.39, 0.29) is 10.4 Å². The summed E-state index contributed by atoms with van der Waals surface area (Å²) in [5.41, 5.74) is 5.80. The van der Waals surface area contributed by atoms with Gasteiger partial charge in [0.05, 0.1) is 6.20 Å². The molecular formula is C12H22N4O2S. The van der Waals surface area contributed by atoms with Gasteiger partial charge in [0, 0.05) is 19.5 Å². The number of hydrogen-bond donors (Lipinski definition) is 2. The highest BCUT2D eigenvalue weighted by molar-refractivity contribution is 7.89. The predicted molar refractivity (Wildman–Crippen MR) is 73.1 cm³/mol. The number of nitrogens with zero attached hydrogens (tertiary/aromatic N) is 2. The number of imidazole rings is 1. The Hall–Kier alpha value is -0.920. The number of aromatic amines is 1. The number of rotatable bonds is 4. The normalized spacial score (nSPS) is 20.6. The summed E-state index contributed by atoms with van der Waals surface area (Å²) in [6.45, 7) is 5.70. The van der Waals surface area contributed by atoms with Gasteiger partial charge in [0.15, 0.2) is 5.03 Å². The number of H-pyrrole nitrogens is 1. The lowest BCUT2D eigenvalue weighted by Crippen LogP contribution is -2.44. The molecule has 0 spiro atoms. The topological polar surface area (TPSA) is 92.1 Å². The van der Waals surface area contributed by atoms with Gasteiger partial charge >= 0.3 is 0 Å². The Labute approximate surface area is 114 Å². The van der Waals surface area contributed by atoms with Gasteiger partial charge in [-0.2, -0.15) is 4.31 Å². The Bertz CT molecular complexity index is 530. The molecule has 0 atom stereocenters. The van der Waals surface area contributed by atoms with Crippen LogP contribution >= 0.6 is 0 Å². The fourth-order valence-corrected chi connectivity index (χ4v) is 3.64. The Morgan fingerprint density at radius 2 is 2.11 bits per heavy atom. The van der Waals surface area contributed by atoms with Crippen LogP contribution in [0.2, 0.25) is 0 Å². The van der Waals surface area contributed by atoms with E-state index in [0.29, 0.717) is 31.9 Å². The number of nitrogens with two attached hydrogens (primary N) is 1. The lowest BCUT2D eigenvalue weighted by molar-refractivity contribution is 0.182. The van der Waals surface area contributed by atoms with Crippen LogP contribution in [0.25, 0.3) is 0 Å². The van der Waals surface area contributed by atoms with E-state index in [1.54, 1.807) is 0 Å². The van der Waals surface area contributed by atoms with Crippen molar-refractivity contribution in [3.63, 3.8) is 0 Å². The lowest BCUT2D eigenvalue weighted by atomic mass is 9.81. The maximum absolute atomic E-state index is 12.4. The molecule has 0 unspecified atom stereocenters. The van der Waals surface area contributed by atoms with E-state index >= 15 is 0 Å². The van der Waals surface area contributed by atoms with E-state index in [9.17, 15) is 8.42 Å². The summed E-state index contributed by atoms with van der Waals surface area (Å²) < 4.78 is 26.4. The molecule has 0 radical (unpaired) electrons. The zero-order chi connectivity index (χ0) is 14.1. The zero-order valence-corrected chi connectivity index (χ0v) is 12.3. The second-order valence-corrected chi connectivity index (χ2v) is 7.37. The molecular weight excluding hydrogens is 264 g/mol. The summed E-state index contributed by atoms with van der Waals surface area (Å²) >= 11 is 0. The van der Waals surface area contributed by atoms with Crippen LogP contribution in [0.1, 0.15) is 32.5 Å². The van der Waals surface area contributed by atoms with Gasteiger partial charge in [0.2, 0.25) is 0 Å². The minimum absolute atomic E-state index is 0.0641. The third kappa shape index (κ3) is 2.82. The third-order valence-corrected chi connectivity index (χ3v) is 5.79. The molecule has 3 N–H and O–H groups in total. The summed E-state index contributed by atoms with van der Waals surface area (Å²) in [6.07, 6.45) is 3.71. The van der Waals surface area contributed by atoms with Crippen molar-refractivity contribution in [1.82, 2.24) is 14.3 Å². The molecule has 2 heterocycles. The Morgan fingerprint density at radius 3 is 2.58 bits per heavy atom. The van der Waals surface area contributed by atoms with E-state index in [4.69, 9.17) is 5.73 Å². The molecule has 0 amide bonds. The van der Waals surface area contributed by atoms with Crippen LogP contribution in [-0.4, -0.2) is 42.3 Å². The summed E-state index contributed by atoms with van der Waals surface area (Å²) in [4.78, 5) is 6.93. The summed E-state index contributed by atoms with van der Waals surface area (Å²) in [5.74, 6) is 0.697. The van der Waals surface area contributed by atoms with Crippen molar-refractivity contribution in [1.29, 1.82) is 0 Å². The van der Waals surface area contributed by atoms with E-state index < -0.39 is 10.0 Å². The molecule has 7 heteroatoms. The molecule has 0 aromatic carbocycles. The standard InChI is InChI=1S/C12H22N4O2S/c1-3-10-14-8-11(15-10)19(17,18)16-6-4-12(2,9-13)5-7-16/h8H,3-7,9,13H2,1-2H3,(H,14,15). The number of aromatic nitrogens is 2. The number of piperidine rings is 1. The van der Waals surface area contributed by atoms with Gasteiger partial charge in [0.25, 0.3) is 10.0 Å². The quantitative estimate of drug-likeness (QED) is 0.853. The van der Waals surface area contributed by atoms with Gasteiger partial charge in [-0.15, -0.1) is 0 Å². The molecule has 1 aromatic rings. The zero-order valence-electron chi connectivity index (χ0n) is 11.5. The fraction of sp³-hybridized carbons (Fsp3) is 0.750. The Kier molecular flexibility index (Phi) is 3.98. The monoisotopic (exact) mass is 286 g/mol. The molecule has 0 aliphatic carbocycles. The third-order valence-electron chi connectivity index (χ3n) is 3.98. The molecule has 1 aliphatic heterocycles. The van der Waals surface area contributed by atoms with Gasteiger partial charge in [0.1, 0.15) is 5.82 Å². The molecule has 1 fully saturated rings. The van der Waals surface area contributed by atoms with Crippen molar-refractivity contribution in [3.8, 4) is 0 Å². The molecule has 1 aromatic heterocycles. The molecule has 108 valence electrons. The smallest absolute Gasteiger partial charge is 0.260 e. The molecule has 0 saturated carbocycles. The Balaban J connectivity index is 2.14. The second kappa shape index (κ2) is 5.22. The van der Waals surface area contributed by atoms with Crippen molar-refractivity contribution in [2.45, 2.75) is 38.1 Å². The lowest BCUT2D eigenvalue weighted by Gasteiger charge is -2.37. The first kappa shape index (κ1) is 14.5. The van der Waals surface area contributed by atoms with Crippen molar-refractivity contribution >= 4 is 10.0 Å². The molecule has 6 nitrogen and oxygen atoms in total. The first-order valence-electron chi connectivity index (χ1n) is 6.65. The van der Waals surface area contributed by atoms with Crippen LogP contribution in [0.5, 0.6) is 0 Å². The second-order valence-electron chi connectivity index (χ2n) is 5.47. The summed E-state index contributed by atoms with van der Waals surface area (Å²) in [6, 6.07) is 0. The molecule has 1 saturated heterocycles. The number of aryl methyl sites for hydroxylation is 1. The molecule has 2 rings (SSSR count). The predicted octanol–water partition coefficient (Wildman–Crippen LogP) is 0.722. The first-order valence-corrected chi connectivity index (χ1v) is 8.09. The maximum atomic E-state index is 12.4. The van der Waals surface area contributed by atoms with E-state index in [2.05, 4.69) is 16.9 Å². The van der Waals surface area contributed by atoms with E-state index in [0.717, 1.165) is 12.8 Å². The average molecular weight is 286 g/mol. The van der Waals surface area contributed by atoms with Crippen molar-refractivity contribution < 1.29 is 8.42 Å². The number of nitrogens with one attached hydrogen (secondary N) is 1. The van der Waals surface area contributed by atoms with Crippen LogP contribution in [0, 0.1) is 5.41 Å². The van der Waals surface area contributed by atoms with Crippen LogP contribution < -0.4 is 5.73 Å². The average Bonchev–Trinajstić information content (AvgIpc) is 2.89. The largest absolute Gasteiger partial charge is 0.332 e. The SMILES string of the molecule is CCc1ncc(S(=O)(=O)N2CCC(C)(CN)CC2)[nH]1. The molecule has 19 heavy (non-hydrogen) atoms. The van der Waals surface area contributed by atoms with Gasteiger partial charge in [-0.3, -0.25) is 0 Å². The maximum Gasteiger partial charge on any atom is 0.260 e. The van der Waals surface area contributed by atoms with Crippen LogP contribution in [0.15, 0.2) is 11.2 Å². The summed E-state index contributed by atoms with van der Waals surface area (Å²) in [5, 5.41) is 0.195. The highest BCUT2D eigenvalue weighted by atomic mass is 32.2. The van der Waals surface area contributed by atoms with Crippen molar-refractivity contribution in [2.75, 3.05) is 19.6 Å². The number of sulfonamides is 1. The minimum Gasteiger partial charge on any atom is -0.332 e. The summed E-state index contributed by atoms with van der Waals surface area (Å²) in [7, 11) is -3.44. The van der Waals surface area contributed by atoms with Crippen molar-refractivity contribution in [2.24, 2.45) is 11.1 Å². The fourth-order valence-electron chi connectivity index (χ4n) is 2.26. The first-order chi connectivity index (χ1) is 8.91. The highest BCUT2D eigenvalue weighted by Crippen LogP contribution is 2.31. The van der Waals surface area contributed by atoms with Gasteiger partial charge in [-0.05, 0) is 24.8 Å².